The van der Waals surface area contributed by atoms with E-state index in [1.165, 1.54) is 91.2 Å². The van der Waals surface area contributed by atoms with Crippen molar-refractivity contribution >= 4 is 47.3 Å². The zero-order chi connectivity index (χ0) is 86.4. The maximum atomic E-state index is 16.6. The van der Waals surface area contributed by atoms with Crippen LogP contribution in [0, 0.1) is 20.2 Å². The summed E-state index contributed by atoms with van der Waals surface area (Å²) in [6, 6.07) is 47.9. The van der Waals surface area contributed by atoms with E-state index in [4.69, 9.17) is 52.1 Å². The van der Waals surface area contributed by atoms with Gasteiger partial charge in [-0.15, -0.1) is 0 Å². The summed E-state index contributed by atoms with van der Waals surface area (Å²) in [5.74, 6) is -2.04. The van der Waals surface area contributed by atoms with Crippen molar-refractivity contribution in [1.82, 2.24) is 34.9 Å². The zero-order valence-corrected chi connectivity index (χ0v) is 69.0. The molecule has 3 aliphatic heterocycles. The number of carbonyl (C=O) groups is 6. The number of ether oxygens (including phenoxy) is 11. The molecule has 1 aromatic heterocycles. The number of hydrogen-bond donors (Lipinski definition) is 3. The van der Waals surface area contributed by atoms with E-state index in [0.717, 1.165) is 67.0 Å². The van der Waals surface area contributed by atoms with Gasteiger partial charge in [0.05, 0.1) is 49.5 Å². The van der Waals surface area contributed by atoms with E-state index in [9.17, 15) is 39.4 Å². The molecule has 4 amide bonds. The quantitative estimate of drug-likeness (QED) is 0.0105. The number of nitrogens with one attached hydrogen (secondary N) is 3. The first-order valence-electron chi connectivity index (χ1n) is 41.0. The van der Waals surface area contributed by atoms with E-state index in [2.05, 4.69) is 22.5 Å². The average Bonchev–Trinajstić information content (AvgIpc) is 1.61. The molecule has 0 saturated carbocycles. The number of rotatable bonds is 43. The second-order valence-electron chi connectivity index (χ2n) is 30.3. The third-order valence-electron chi connectivity index (χ3n) is 21.7. The Bertz CT molecular complexity index is 4810. The van der Waals surface area contributed by atoms with Crippen molar-refractivity contribution < 1.29 is 90.7 Å². The van der Waals surface area contributed by atoms with Crippen LogP contribution in [0.25, 0.3) is 0 Å². The molecule has 0 spiro atoms. The van der Waals surface area contributed by atoms with E-state index in [1.807, 2.05) is 24.3 Å². The van der Waals surface area contributed by atoms with Crippen LogP contribution in [0.15, 0.2) is 204 Å². The highest BCUT2D eigenvalue weighted by Crippen LogP contribution is 2.40. The SMILES string of the molecule is CCCCCCCCCCCCN(CC(=O)OC1CN(C)C(C(OC2CC(OCc3ccc(OC)cc3)C(CNC(=O)OCc3ccc([N+](=O)[O-])cc3)O2)[C@H]2O[C@@H](n3ccc(=O)[nH]c3=O)C[C@@H]2OCc2ccc(OC)cc2)C(=O)N(C)C1C(=O)OC(c1ccccc1)c1ccccc1)C(=O)c1ccc(CCNC(=O)OCc2ccc([N+](=O)[O-])cc2)cc1. The number of unbranched alkanes of at least 4 members (excludes halogenated alkanes) is 9. The molecule has 0 bridgehead atoms. The highest BCUT2D eigenvalue weighted by molar-refractivity contribution is 5.96. The Morgan fingerprint density at radius 3 is 1.65 bits per heavy atom. The molecular formula is C90H105N9O23. The van der Waals surface area contributed by atoms with E-state index in [1.54, 1.807) is 128 Å². The molecule has 7 unspecified atom stereocenters. The number of hydrogen-bond acceptors (Lipinski definition) is 24. The van der Waals surface area contributed by atoms with Gasteiger partial charge in [-0.3, -0.25) is 53.9 Å². The molecule has 3 saturated heterocycles. The number of likely N-dealkylation sites (N-methyl/N-ethyl adjacent to an activating group) is 2. The van der Waals surface area contributed by atoms with Crippen LogP contribution in [0.1, 0.15) is 146 Å². The predicted octanol–water partition coefficient (Wildman–Crippen LogP) is 12.2. The molecule has 3 aliphatic rings. The molecule has 8 aromatic rings. The molecule has 10 atom stereocenters. The van der Waals surface area contributed by atoms with Crippen molar-refractivity contribution in [2.45, 2.75) is 184 Å². The van der Waals surface area contributed by atoms with Crippen LogP contribution in [0.2, 0.25) is 0 Å². The van der Waals surface area contributed by atoms with Crippen LogP contribution in [-0.4, -0.2) is 186 Å². The van der Waals surface area contributed by atoms with Gasteiger partial charge in [-0.05, 0) is 119 Å². The van der Waals surface area contributed by atoms with Crippen molar-refractivity contribution in [2.75, 3.05) is 61.0 Å². The highest BCUT2D eigenvalue weighted by atomic mass is 16.7. The maximum Gasteiger partial charge on any atom is 0.407 e. The lowest BCUT2D eigenvalue weighted by Gasteiger charge is -2.38. The number of nitro benzene ring substituents is 2. The van der Waals surface area contributed by atoms with Gasteiger partial charge in [-0.25, -0.2) is 19.2 Å². The third kappa shape index (κ3) is 25.9. The summed E-state index contributed by atoms with van der Waals surface area (Å²) < 4.78 is 70.9. The van der Waals surface area contributed by atoms with Crippen molar-refractivity contribution in [3.8, 4) is 11.5 Å². The third-order valence-corrected chi connectivity index (χ3v) is 21.7. The van der Waals surface area contributed by atoms with Crippen LogP contribution in [0.3, 0.4) is 0 Å². The molecule has 122 heavy (non-hydrogen) atoms. The number of benzene rings is 7. The van der Waals surface area contributed by atoms with Gasteiger partial charge >= 0.3 is 29.8 Å². The lowest BCUT2D eigenvalue weighted by molar-refractivity contribution is -0.385. The molecule has 11 rings (SSSR count). The van der Waals surface area contributed by atoms with Gasteiger partial charge < -0.3 is 72.5 Å². The Kier molecular flexibility index (Phi) is 33.7. The van der Waals surface area contributed by atoms with Gasteiger partial charge in [-0.1, -0.05) is 162 Å². The largest absolute Gasteiger partial charge is 0.497 e. The van der Waals surface area contributed by atoms with Crippen LogP contribution in [0.4, 0.5) is 21.0 Å². The Morgan fingerprint density at radius 1 is 0.590 bits per heavy atom. The monoisotopic (exact) mass is 1680 g/mol. The van der Waals surface area contributed by atoms with Gasteiger partial charge in [0.15, 0.2) is 18.4 Å². The molecule has 0 aliphatic carbocycles. The fourth-order valence-electron chi connectivity index (χ4n) is 15.0. The molecule has 3 fully saturated rings. The highest BCUT2D eigenvalue weighted by Gasteiger charge is 2.55. The van der Waals surface area contributed by atoms with Gasteiger partial charge in [0.2, 0.25) is 5.91 Å². The second-order valence-corrected chi connectivity index (χ2v) is 30.3. The lowest BCUT2D eigenvalue weighted by atomic mass is 9.98. The summed E-state index contributed by atoms with van der Waals surface area (Å²) in [6.07, 6.45) is -1.24. The molecule has 0 radical (unpaired) electrons. The molecule has 4 heterocycles. The standard InChI is InChI=1S/C90H105N9O23/c1-6-7-8-9-10-11-12-13-14-21-49-96(85(102)67-36-26-60(27-37-67)46-48-91-89(106)116-58-61-28-38-68(39-29-61)98(108)109)55-78(101)118-75-54-94(2)81(86(103)95(3)80(75)87(104)122-82(65-22-17-15-18-23-65)66-24-19-16-20-25-66)84(83-73(115-57-64-34-44-71(113-5)45-35-64)51-77(120-83)97-50-47-76(100)93-88(97)105)121-79-52-72(114-56-63-32-42-70(112-4)43-33-63)74(119-79)53-92-90(107)117-59-62-30-40-69(41-31-62)99(110)111/h15-20,22-45,47,50,72-75,77,79-84H,6-14,21,46,48-49,51-59H2,1-5H3,(H,91,106)(H,92,107)(H,93,100,105)/t72?,73-,74?,75?,77+,79?,80?,81?,83-,84?/m0/s1. The Labute approximate surface area is 706 Å². The fourth-order valence-corrected chi connectivity index (χ4v) is 15.0. The van der Waals surface area contributed by atoms with Crippen LogP contribution in [-0.2, 0) is 89.9 Å². The van der Waals surface area contributed by atoms with E-state index in [-0.39, 0.29) is 75.8 Å². The molecule has 648 valence electrons. The number of aromatic amines is 1. The minimum absolute atomic E-state index is 0.0251. The van der Waals surface area contributed by atoms with Crippen molar-refractivity contribution in [1.29, 1.82) is 0 Å². The first kappa shape index (κ1) is 90.6. The summed E-state index contributed by atoms with van der Waals surface area (Å²) in [7, 11) is 6.03. The minimum atomic E-state index is -1.74. The van der Waals surface area contributed by atoms with Crippen molar-refractivity contribution in [2.24, 2.45) is 0 Å². The molecular weight excluding hydrogens is 1580 g/mol. The van der Waals surface area contributed by atoms with Gasteiger partial charge in [-0.2, -0.15) is 0 Å². The topological polar surface area (TPSA) is 379 Å². The van der Waals surface area contributed by atoms with Crippen LogP contribution in [0.5, 0.6) is 11.5 Å². The number of H-pyrrole nitrogens is 1. The Morgan fingerprint density at radius 2 is 1.11 bits per heavy atom. The summed E-state index contributed by atoms with van der Waals surface area (Å²) in [5.41, 5.74) is 2.84. The predicted molar refractivity (Wildman–Crippen MR) is 445 cm³/mol. The number of nitro groups is 2. The van der Waals surface area contributed by atoms with E-state index in [0.29, 0.717) is 52.2 Å². The molecule has 32 heteroatoms. The molecule has 32 nitrogen and oxygen atoms in total. The summed E-state index contributed by atoms with van der Waals surface area (Å²) in [5, 5.41) is 28.0. The van der Waals surface area contributed by atoms with E-state index < -0.39 is 137 Å². The van der Waals surface area contributed by atoms with E-state index >= 15 is 19.2 Å². The van der Waals surface area contributed by atoms with Crippen LogP contribution < -0.4 is 31.4 Å². The number of amides is 4. The number of nitrogens with zero attached hydrogens (tertiary/aromatic N) is 6. The minimum Gasteiger partial charge on any atom is -0.497 e. The second kappa shape index (κ2) is 45.4. The first-order valence-corrected chi connectivity index (χ1v) is 41.0. The first-order chi connectivity index (χ1) is 59.1. The maximum absolute atomic E-state index is 16.6. The number of carbonyl (C=O) groups excluding carboxylic acids is 6. The number of methoxy groups -OCH3 is 2. The number of non-ortho nitro benzene ring substituents is 2. The average molecular weight is 1680 g/mol. The zero-order valence-electron chi connectivity index (χ0n) is 69.0. The molecule has 3 N–H and O–H groups in total. The number of esters is 2. The Hall–Kier alpha value is -12.2. The van der Waals surface area contributed by atoms with Crippen molar-refractivity contribution in [3.63, 3.8) is 0 Å². The molecule has 7 aromatic carbocycles. The Balaban J connectivity index is 0.920. The summed E-state index contributed by atoms with van der Waals surface area (Å²) in [6.45, 7) is 0.808. The number of alkyl carbamates (subject to hydrolysis) is 2. The van der Waals surface area contributed by atoms with Gasteiger partial charge in [0, 0.05) is 88.2 Å². The van der Waals surface area contributed by atoms with Crippen LogP contribution >= 0.6 is 0 Å². The number of aromatic nitrogens is 2. The van der Waals surface area contributed by atoms with Crippen molar-refractivity contribution in [3.05, 3.63) is 280 Å². The summed E-state index contributed by atoms with van der Waals surface area (Å²) in [4.78, 5) is 144. The lowest BCUT2D eigenvalue weighted by Crippen LogP contribution is -2.59. The smallest absolute Gasteiger partial charge is 0.407 e. The normalized spacial score (nSPS) is 19.2. The van der Waals surface area contributed by atoms with Gasteiger partial charge in [0.1, 0.15) is 67.9 Å². The van der Waals surface area contributed by atoms with Gasteiger partial charge in [0.25, 0.3) is 22.8 Å². The summed E-state index contributed by atoms with van der Waals surface area (Å²) >= 11 is 0. The fraction of sp³-hybridized carbons (Fsp3) is 0.422.